The molecule has 2 saturated heterocycles. The standard InChI is InChI=1S/C17H15ClFNO4/c1-23-16(22)13-12-5-6-17(24-12)8-20(15(21)14(13)17)7-9-10(18)3-2-4-11(9)19/h2-6,12-14H,7-8H2,1H3/t12-,13+,14-,17+/m1/s1. The van der Waals surface area contributed by atoms with Gasteiger partial charge in [0.1, 0.15) is 17.3 Å². The third-order valence-electron chi connectivity index (χ3n) is 5.06. The van der Waals surface area contributed by atoms with Crippen LogP contribution in [-0.2, 0) is 25.6 Å². The Morgan fingerprint density at radius 3 is 3.04 bits per heavy atom. The Hall–Kier alpha value is -1.92. The number of ether oxygens (including phenoxy) is 2. The molecule has 0 unspecified atom stereocenters. The molecule has 1 aromatic carbocycles. The molecule has 3 heterocycles. The quantitative estimate of drug-likeness (QED) is 0.617. The number of benzene rings is 1. The number of carbonyl (C=O) groups is 2. The molecule has 4 rings (SSSR count). The van der Waals surface area contributed by atoms with Crippen molar-refractivity contribution in [2.24, 2.45) is 11.8 Å². The Bertz CT molecular complexity index is 747. The minimum atomic E-state index is -0.835. The van der Waals surface area contributed by atoms with E-state index in [-0.39, 0.29) is 29.6 Å². The lowest BCUT2D eigenvalue weighted by molar-refractivity contribution is -0.151. The Balaban J connectivity index is 1.65. The molecule has 0 aromatic heterocycles. The second kappa shape index (κ2) is 5.29. The van der Waals surface area contributed by atoms with Crippen molar-refractivity contribution in [1.29, 1.82) is 0 Å². The molecule has 126 valence electrons. The maximum absolute atomic E-state index is 14.0. The molecule has 3 aliphatic rings. The van der Waals surface area contributed by atoms with Crippen molar-refractivity contribution in [2.75, 3.05) is 13.7 Å². The van der Waals surface area contributed by atoms with E-state index in [9.17, 15) is 14.0 Å². The van der Waals surface area contributed by atoms with Gasteiger partial charge in [0.05, 0.1) is 32.2 Å². The van der Waals surface area contributed by atoms with Crippen LogP contribution in [0.25, 0.3) is 0 Å². The maximum Gasteiger partial charge on any atom is 0.312 e. The molecule has 0 N–H and O–H groups in total. The number of amides is 1. The van der Waals surface area contributed by atoms with E-state index in [0.29, 0.717) is 0 Å². The first-order valence-electron chi connectivity index (χ1n) is 7.63. The van der Waals surface area contributed by atoms with Crippen LogP contribution in [0.1, 0.15) is 5.56 Å². The Morgan fingerprint density at radius 2 is 2.33 bits per heavy atom. The number of esters is 1. The molecule has 24 heavy (non-hydrogen) atoms. The van der Waals surface area contributed by atoms with Gasteiger partial charge < -0.3 is 14.4 Å². The third kappa shape index (κ3) is 2.03. The SMILES string of the molecule is COC(=O)[C@H]1[C@H]2C=C[C@@]3(CN(Cc4c(F)cccc4Cl)C(=O)[C@@H]13)O2. The fourth-order valence-electron chi connectivity index (χ4n) is 3.99. The summed E-state index contributed by atoms with van der Waals surface area (Å²) in [5, 5.41) is 0.266. The summed E-state index contributed by atoms with van der Waals surface area (Å²) in [5.74, 6) is -2.46. The zero-order chi connectivity index (χ0) is 17.1. The van der Waals surface area contributed by atoms with Crippen LogP contribution in [-0.4, -0.2) is 42.1 Å². The van der Waals surface area contributed by atoms with E-state index in [1.54, 1.807) is 12.1 Å². The summed E-state index contributed by atoms with van der Waals surface area (Å²) in [6.45, 7) is 0.306. The first kappa shape index (κ1) is 15.6. The largest absolute Gasteiger partial charge is 0.469 e. The predicted molar refractivity (Wildman–Crippen MR) is 82.6 cm³/mol. The highest BCUT2D eigenvalue weighted by Crippen LogP contribution is 2.52. The molecular weight excluding hydrogens is 337 g/mol. The fraction of sp³-hybridized carbons (Fsp3) is 0.412. The molecule has 3 aliphatic heterocycles. The van der Waals surface area contributed by atoms with Gasteiger partial charge in [0.2, 0.25) is 5.91 Å². The number of rotatable bonds is 3. The summed E-state index contributed by atoms with van der Waals surface area (Å²) in [7, 11) is 1.29. The lowest BCUT2D eigenvalue weighted by Gasteiger charge is -2.22. The van der Waals surface area contributed by atoms with Crippen molar-refractivity contribution in [1.82, 2.24) is 4.90 Å². The topological polar surface area (TPSA) is 55.8 Å². The number of likely N-dealkylation sites (tertiary alicyclic amines) is 1. The van der Waals surface area contributed by atoms with Gasteiger partial charge in [-0.1, -0.05) is 29.8 Å². The monoisotopic (exact) mass is 351 g/mol. The summed E-state index contributed by atoms with van der Waals surface area (Å²) in [6.07, 6.45) is 3.19. The zero-order valence-corrected chi connectivity index (χ0v) is 13.6. The van der Waals surface area contributed by atoms with Gasteiger partial charge in [-0.25, -0.2) is 4.39 Å². The van der Waals surface area contributed by atoms with Crippen LogP contribution >= 0.6 is 11.6 Å². The maximum atomic E-state index is 14.0. The van der Waals surface area contributed by atoms with Gasteiger partial charge in [-0.3, -0.25) is 9.59 Å². The Morgan fingerprint density at radius 1 is 1.54 bits per heavy atom. The highest BCUT2D eigenvalue weighted by Gasteiger charge is 2.67. The van der Waals surface area contributed by atoms with E-state index in [4.69, 9.17) is 21.1 Å². The highest BCUT2D eigenvalue weighted by molar-refractivity contribution is 6.31. The molecule has 0 aliphatic carbocycles. The van der Waals surface area contributed by atoms with Gasteiger partial charge in [0.15, 0.2) is 0 Å². The van der Waals surface area contributed by atoms with Gasteiger partial charge in [0, 0.05) is 10.6 Å². The van der Waals surface area contributed by atoms with E-state index in [2.05, 4.69) is 0 Å². The van der Waals surface area contributed by atoms with Crippen LogP contribution in [0.5, 0.6) is 0 Å². The molecule has 1 aromatic rings. The van der Waals surface area contributed by atoms with Crippen molar-refractivity contribution in [3.05, 3.63) is 46.8 Å². The summed E-state index contributed by atoms with van der Waals surface area (Å²) in [6, 6.07) is 4.40. The molecule has 2 bridgehead atoms. The van der Waals surface area contributed by atoms with E-state index in [0.717, 1.165) is 0 Å². The Kier molecular flexibility index (Phi) is 3.44. The summed E-state index contributed by atoms with van der Waals surface area (Å²) < 4.78 is 24.8. The number of hydrogen-bond donors (Lipinski definition) is 0. The minimum absolute atomic E-state index is 0.0400. The van der Waals surface area contributed by atoms with Crippen LogP contribution in [0, 0.1) is 17.7 Å². The molecule has 1 spiro atoms. The van der Waals surface area contributed by atoms with Crippen molar-refractivity contribution in [3.8, 4) is 0 Å². The zero-order valence-electron chi connectivity index (χ0n) is 12.9. The molecule has 4 atom stereocenters. The Labute approximate surface area is 143 Å². The lowest BCUT2D eigenvalue weighted by atomic mass is 9.77. The first-order valence-corrected chi connectivity index (χ1v) is 8.01. The van der Waals surface area contributed by atoms with Crippen LogP contribution in [0.2, 0.25) is 5.02 Å². The van der Waals surface area contributed by atoms with Crippen molar-refractivity contribution >= 4 is 23.5 Å². The minimum Gasteiger partial charge on any atom is -0.469 e. The summed E-state index contributed by atoms with van der Waals surface area (Å²) in [5.41, 5.74) is -0.574. The summed E-state index contributed by atoms with van der Waals surface area (Å²) in [4.78, 5) is 26.4. The van der Waals surface area contributed by atoms with E-state index in [1.165, 1.54) is 24.1 Å². The van der Waals surface area contributed by atoms with Gasteiger partial charge in [-0.05, 0) is 12.1 Å². The van der Waals surface area contributed by atoms with E-state index < -0.39 is 35.3 Å². The molecule has 5 nitrogen and oxygen atoms in total. The average Bonchev–Trinajstić information content (AvgIpc) is 3.19. The van der Waals surface area contributed by atoms with Crippen molar-refractivity contribution in [3.63, 3.8) is 0 Å². The average molecular weight is 352 g/mol. The van der Waals surface area contributed by atoms with Crippen molar-refractivity contribution in [2.45, 2.75) is 18.2 Å². The number of nitrogens with zero attached hydrogens (tertiary/aromatic N) is 1. The van der Waals surface area contributed by atoms with Crippen molar-refractivity contribution < 1.29 is 23.5 Å². The number of carbonyl (C=O) groups excluding carboxylic acids is 2. The van der Waals surface area contributed by atoms with Crippen LogP contribution in [0.15, 0.2) is 30.4 Å². The molecule has 0 radical (unpaired) electrons. The van der Waals surface area contributed by atoms with E-state index in [1.807, 2.05) is 6.08 Å². The second-order valence-corrected chi connectivity index (χ2v) is 6.72. The lowest BCUT2D eigenvalue weighted by Crippen LogP contribution is -2.39. The molecule has 7 heteroatoms. The van der Waals surface area contributed by atoms with Crippen LogP contribution in [0.4, 0.5) is 4.39 Å². The third-order valence-corrected chi connectivity index (χ3v) is 5.42. The van der Waals surface area contributed by atoms with E-state index >= 15 is 0 Å². The molecule has 2 fully saturated rings. The fourth-order valence-corrected chi connectivity index (χ4v) is 4.21. The van der Waals surface area contributed by atoms with Gasteiger partial charge in [-0.15, -0.1) is 0 Å². The number of methoxy groups -OCH3 is 1. The number of fused-ring (bicyclic) bond motifs is 1. The van der Waals surface area contributed by atoms with Crippen LogP contribution in [0.3, 0.4) is 0 Å². The number of halogens is 2. The molecule has 1 amide bonds. The predicted octanol–water partition coefficient (Wildman–Crippen LogP) is 1.93. The van der Waals surface area contributed by atoms with Crippen LogP contribution < -0.4 is 0 Å². The van der Waals surface area contributed by atoms with Gasteiger partial charge >= 0.3 is 5.97 Å². The first-order chi connectivity index (χ1) is 11.5. The highest BCUT2D eigenvalue weighted by atomic mass is 35.5. The molecular formula is C17H15ClFNO4. The summed E-state index contributed by atoms with van der Waals surface area (Å²) >= 11 is 6.06. The number of hydrogen-bond acceptors (Lipinski definition) is 4. The molecule has 0 saturated carbocycles. The van der Waals surface area contributed by atoms with Gasteiger partial charge in [0.25, 0.3) is 0 Å². The second-order valence-electron chi connectivity index (χ2n) is 6.32. The van der Waals surface area contributed by atoms with Gasteiger partial charge in [-0.2, -0.15) is 0 Å². The normalized spacial score (nSPS) is 33.2. The smallest absolute Gasteiger partial charge is 0.312 e.